The summed E-state index contributed by atoms with van der Waals surface area (Å²) in [5, 5.41) is 12.8. The van der Waals surface area contributed by atoms with Crippen LogP contribution in [0.4, 0.5) is 0 Å². The van der Waals surface area contributed by atoms with E-state index in [9.17, 15) is 5.11 Å². The highest BCUT2D eigenvalue weighted by Gasteiger charge is 2.18. The number of benzene rings is 2. The van der Waals surface area contributed by atoms with Gasteiger partial charge in [0.05, 0.1) is 31.4 Å². The number of nitrogens with zero attached hydrogens (tertiary/aromatic N) is 1. The number of fused-ring (bicyclic) bond motifs is 1. The van der Waals surface area contributed by atoms with Gasteiger partial charge in [-0.05, 0) is 47.2 Å². The summed E-state index contributed by atoms with van der Waals surface area (Å²) in [5.74, 6) is 1.01. The zero-order chi connectivity index (χ0) is 16.4. The van der Waals surface area contributed by atoms with E-state index in [4.69, 9.17) is 4.74 Å². The molecule has 1 aromatic heterocycles. The number of aromatic amines is 1. The molecular formula is C19H22N2O2. The molecule has 3 rings (SSSR count). The molecule has 0 saturated heterocycles. The van der Waals surface area contributed by atoms with E-state index in [0.717, 1.165) is 23.4 Å². The molecule has 1 heterocycles. The lowest BCUT2D eigenvalue weighted by atomic mass is 9.92. The first kappa shape index (κ1) is 15.6. The summed E-state index contributed by atoms with van der Waals surface area (Å²) < 4.78 is 5.38. The summed E-state index contributed by atoms with van der Waals surface area (Å²) in [6.45, 7) is 4.13. The predicted molar refractivity (Wildman–Crippen MR) is 91.7 cm³/mol. The second kappa shape index (κ2) is 6.42. The third-order valence-corrected chi connectivity index (χ3v) is 4.46. The van der Waals surface area contributed by atoms with Crippen LogP contribution in [0.2, 0.25) is 0 Å². The summed E-state index contributed by atoms with van der Waals surface area (Å²) in [6.07, 6.45) is 3.54. The topological polar surface area (TPSA) is 58.1 Å². The number of rotatable bonds is 5. The first-order valence-corrected chi connectivity index (χ1v) is 7.82. The highest BCUT2D eigenvalue weighted by molar-refractivity contribution is 5.88. The van der Waals surface area contributed by atoms with Gasteiger partial charge in [0.1, 0.15) is 5.75 Å². The van der Waals surface area contributed by atoms with Crippen LogP contribution in [0.25, 0.3) is 10.8 Å². The van der Waals surface area contributed by atoms with E-state index < -0.39 is 6.10 Å². The fourth-order valence-corrected chi connectivity index (χ4v) is 3.08. The van der Waals surface area contributed by atoms with Gasteiger partial charge in [-0.3, -0.25) is 0 Å². The van der Waals surface area contributed by atoms with Gasteiger partial charge in [0.25, 0.3) is 0 Å². The van der Waals surface area contributed by atoms with Crippen molar-refractivity contribution in [3.8, 4) is 5.75 Å². The van der Waals surface area contributed by atoms with E-state index in [-0.39, 0.29) is 5.92 Å². The Bertz CT molecular complexity index is 796. The minimum absolute atomic E-state index is 0.104. The number of nitrogens with one attached hydrogen (secondary N) is 1. The molecular weight excluding hydrogens is 288 g/mol. The summed E-state index contributed by atoms with van der Waals surface area (Å²) in [7, 11) is 1.70. The number of H-pyrrole nitrogens is 1. The molecule has 0 aliphatic heterocycles. The van der Waals surface area contributed by atoms with E-state index in [2.05, 4.69) is 48.1 Å². The van der Waals surface area contributed by atoms with E-state index in [1.165, 1.54) is 16.3 Å². The lowest BCUT2D eigenvalue weighted by Crippen LogP contribution is -2.12. The smallest absolute Gasteiger partial charge is 0.122 e. The van der Waals surface area contributed by atoms with Crippen molar-refractivity contribution in [3.63, 3.8) is 0 Å². The lowest BCUT2D eigenvalue weighted by molar-refractivity contribution is 0.114. The molecule has 0 saturated carbocycles. The summed E-state index contributed by atoms with van der Waals surface area (Å²) in [5.41, 5.74) is 3.13. The molecule has 4 nitrogen and oxygen atoms in total. The average Bonchev–Trinajstić information content (AvgIpc) is 3.09. The molecule has 0 amide bonds. The van der Waals surface area contributed by atoms with Gasteiger partial charge < -0.3 is 14.8 Å². The standard InChI is InChI=1S/C19H22N2O2/c1-12(19(22)17-10-20-11-21-17)8-14-4-6-16-13(2)18(23-3)7-5-15(16)9-14/h4-7,9-12,19,22H,8H2,1-3H3,(H,20,21). The van der Waals surface area contributed by atoms with E-state index in [1.54, 1.807) is 19.6 Å². The zero-order valence-electron chi connectivity index (χ0n) is 13.7. The van der Waals surface area contributed by atoms with Gasteiger partial charge in [0.2, 0.25) is 0 Å². The van der Waals surface area contributed by atoms with Gasteiger partial charge in [0, 0.05) is 0 Å². The third kappa shape index (κ3) is 3.08. The number of aliphatic hydroxyl groups excluding tert-OH is 1. The van der Waals surface area contributed by atoms with Crippen molar-refractivity contribution in [1.82, 2.24) is 9.97 Å². The lowest BCUT2D eigenvalue weighted by Gasteiger charge is -2.18. The van der Waals surface area contributed by atoms with Gasteiger partial charge in [-0.1, -0.05) is 31.2 Å². The molecule has 2 N–H and O–H groups in total. The van der Waals surface area contributed by atoms with Crippen molar-refractivity contribution in [3.05, 3.63) is 59.7 Å². The molecule has 2 atom stereocenters. The highest BCUT2D eigenvalue weighted by Crippen LogP contribution is 2.29. The molecule has 0 spiro atoms. The average molecular weight is 310 g/mol. The van der Waals surface area contributed by atoms with Gasteiger partial charge in [-0.15, -0.1) is 0 Å². The number of hydrogen-bond donors (Lipinski definition) is 2. The Labute approximate surface area is 136 Å². The van der Waals surface area contributed by atoms with Crippen molar-refractivity contribution in [2.45, 2.75) is 26.4 Å². The van der Waals surface area contributed by atoms with Crippen molar-refractivity contribution < 1.29 is 9.84 Å². The fourth-order valence-electron chi connectivity index (χ4n) is 3.08. The van der Waals surface area contributed by atoms with E-state index in [0.29, 0.717) is 0 Å². The highest BCUT2D eigenvalue weighted by atomic mass is 16.5. The minimum atomic E-state index is -0.536. The monoisotopic (exact) mass is 310 g/mol. The molecule has 0 fully saturated rings. The Morgan fingerprint density at radius 2 is 2.09 bits per heavy atom. The van der Waals surface area contributed by atoms with Gasteiger partial charge >= 0.3 is 0 Å². The molecule has 0 aliphatic carbocycles. The van der Waals surface area contributed by atoms with Gasteiger partial charge in [-0.2, -0.15) is 0 Å². The van der Waals surface area contributed by atoms with Crippen molar-refractivity contribution >= 4 is 10.8 Å². The zero-order valence-corrected chi connectivity index (χ0v) is 13.7. The minimum Gasteiger partial charge on any atom is -0.496 e. The number of aromatic nitrogens is 2. The van der Waals surface area contributed by atoms with Crippen LogP contribution in [-0.2, 0) is 6.42 Å². The Hall–Kier alpha value is -2.33. The van der Waals surface area contributed by atoms with Crippen molar-refractivity contribution in [1.29, 1.82) is 0 Å². The van der Waals surface area contributed by atoms with Crippen LogP contribution in [-0.4, -0.2) is 22.2 Å². The SMILES string of the molecule is COc1ccc2cc(CC(C)C(O)c3cnc[nH]3)ccc2c1C. The summed E-state index contributed by atoms with van der Waals surface area (Å²) in [6, 6.07) is 10.5. The van der Waals surface area contributed by atoms with Crippen LogP contribution in [0.1, 0.15) is 29.8 Å². The summed E-state index contributed by atoms with van der Waals surface area (Å²) in [4.78, 5) is 6.95. The molecule has 0 bridgehead atoms. The largest absolute Gasteiger partial charge is 0.496 e. The molecule has 4 heteroatoms. The summed E-state index contributed by atoms with van der Waals surface area (Å²) >= 11 is 0. The van der Waals surface area contributed by atoms with Gasteiger partial charge in [-0.25, -0.2) is 4.98 Å². The van der Waals surface area contributed by atoms with Crippen LogP contribution in [0.3, 0.4) is 0 Å². The van der Waals surface area contributed by atoms with Crippen molar-refractivity contribution in [2.24, 2.45) is 5.92 Å². The van der Waals surface area contributed by atoms with Crippen LogP contribution in [0.15, 0.2) is 42.9 Å². The fraction of sp³-hybridized carbons (Fsp3) is 0.316. The third-order valence-electron chi connectivity index (χ3n) is 4.46. The predicted octanol–water partition coefficient (Wildman–Crippen LogP) is 3.79. The quantitative estimate of drug-likeness (QED) is 0.754. The second-order valence-electron chi connectivity index (χ2n) is 6.08. The molecule has 2 unspecified atom stereocenters. The maximum Gasteiger partial charge on any atom is 0.122 e. The first-order chi connectivity index (χ1) is 11.1. The molecule has 3 aromatic rings. The number of aryl methyl sites for hydroxylation is 1. The molecule has 23 heavy (non-hydrogen) atoms. The van der Waals surface area contributed by atoms with Crippen LogP contribution >= 0.6 is 0 Å². The number of aliphatic hydroxyl groups is 1. The Balaban J connectivity index is 1.83. The normalized spacial score (nSPS) is 13.9. The first-order valence-electron chi connectivity index (χ1n) is 7.82. The maximum atomic E-state index is 10.4. The van der Waals surface area contributed by atoms with E-state index >= 15 is 0 Å². The molecule has 0 aliphatic rings. The molecule has 0 radical (unpaired) electrons. The second-order valence-corrected chi connectivity index (χ2v) is 6.08. The number of imidazole rings is 1. The van der Waals surface area contributed by atoms with Crippen molar-refractivity contribution in [2.75, 3.05) is 7.11 Å². The van der Waals surface area contributed by atoms with E-state index in [1.807, 2.05) is 6.07 Å². The Morgan fingerprint density at radius 1 is 1.26 bits per heavy atom. The number of hydrogen-bond acceptors (Lipinski definition) is 3. The van der Waals surface area contributed by atoms with Crippen LogP contribution in [0.5, 0.6) is 5.75 Å². The molecule has 2 aromatic carbocycles. The van der Waals surface area contributed by atoms with Crippen LogP contribution in [0, 0.1) is 12.8 Å². The number of ether oxygens (including phenoxy) is 1. The van der Waals surface area contributed by atoms with Gasteiger partial charge in [0.15, 0.2) is 0 Å². The van der Waals surface area contributed by atoms with Crippen LogP contribution < -0.4 is 4.74 Å². The molecule has 120 valence electrons. The number of methoxy groups -OCH3 is 1. The Kier molecular flexibility index (Phi) is 4.35. The maximum absolute atomic E-state index is 10.4. The Morgan fingerprint density at radius 3 is 2.78 bits per heavy atom.